The second kappa shape index (κ2) is 5.50. The molecule has 2 aliphatic rings. The minimum absolute atomic E-state index is 0.601. The molecule has 2 heteroatoms. The Balaban J connectivity index is 1.46. The zero-order valence-corrected chi connectivity index (χ0v) is 11.1. The van der Waals surface area contributed by atoms with E-state index in [0.717, 1.165) is 6.04 Å². The highest BCUT2D eigenvalue weighted by Crippen LogP contribution is 2.29. The molecule has 2 nitrogen and oxygen atoms in total. The third-order valence-electron chi connectivity index (χ3n) is 4.12. The monoisotopic (exact) mass is 224 g/mol. The predicted octanol–water partition coefficient (Wildman–Crippen LogP) is 2.64. The van der Waals surface area contributed by atoms with E-state index >= 15 is 0 Å². The van der Waals surface area contributed by atoms with Crippen LogP contribution >= 0.6 is 0 Å². The van der Waals surface area contributed by atoms with Gasteiger partial charge in [-0.1, -0.05) is 13.8 Å². The number of hydrogen-bond donors (Lipinski definition) is 1. The van der Waals surface area contributed by atoms with Crippen LogP contribution < -0.4 is 5.32 Å². The molecule has 1 aliphatic heterocycles. The molecule has 1 N–H and O–H groups in total. The van der Waals surface area contributed by atoms with E-state index in [1.165, 1.54) is 64.7 Å². The van der Waals surface area contributed by atoms with Crippen LogP contribution in [-0.4, -0.2) is 37.1 Å². The number of rotatable bonds is 6. The number of unbranched alkanes of at least 4 members (excludes halogenated alkanes) is 1. The first-order valence-electron chi connectivity index (χ1n) is 7.11. The fourth-order valence-electron chi connectivity index (χ4n) is 2.44. The lowest BCUT2D eigenvalue weighted by Gasteiger charge is -2.36. The molecule has 1 aliphatic carbocycles. The maximum atomic E-state index is 3.59. The lowest BCUT2D eigenvalue weighted by Crippen LogP contribution is -2.37. The Morgan fingerprint density at radius 1 is 1.12 bits per heavy atom. The Bertz CT molecular complexity index is 199. The Morgan fingerprint density at radius 2 is 1.81 bits per heavy atom. The maximum Gasteiger partial charge on any atom is 0.00682 e. The van der Waals surface area contributed by atoms with Gasteiger partial charge in [0.15, 0.2) is 0 Å². The van der Waals surface area contributed by atoms with E-state index in [4.69, 9.17) is 0 Å². The zero-order valence-electron chi connectivity index (χ0n) is 11.1. The van der Waals surface area contributed by atoms with Gasteiger partial charge in [0.05, 0.1) is 0 Å². The molecule has 1 heterocycles. The Kier molecular flexibility index (Phi) is 4.26. The molecule has 0 atom stereocenters. The standard InChI is InChI=1S/C14H28N2/c1-14(2)7-11-16(12-8-14)10-4-3-9-15-13-5-6-13/h13,15H,3-12H2,1-2H3. The molecule has 0 aromatic heterocycles. The van der Waals surface area contributed by atoms with Crippen LogP contribution in [0.5, 0.6) is 0 Å². The Hall–Kier alpha value is -0.0800. The highest BCUT2D eigenvalue weighted by Gasteiger charge is 2.24. The zero-order chi connectivity index (χ0) is 11.4. The number of nitrogens with one attached hydrogen (secondary N) is 1. The van der Waals surface area contributed by atoms with Crippen molar-refractivity contribution in [1.82, 2.24) is 10.2 Å². The summed E-state index contributed by atoms with van der Waals surface area (Å²) in [6, 6.07) is 0.885. The third kappa shape index (κ3) is 4.42. The van der Waals surface area contributed by atoms with Gasteiger partial charge in [0.2, 0.25) is 0 Å². The van der Waals surface area contributed by atoms with E-state index in [0.29, 0.717) is 5.41 Å². The lowest BCUT2D eigenvalue weighted by atomic mass is 9.82. The number of piperidine rings is 1. The van der Waals surface area contributed by atoms with Crippen LogP contribution in [0, 0.1) is 5.41 Å². The van der Waals surface area contributed by atoms with Gasteiger partial charge in [-0.05, 0) is 70.1 Å². The molecule has 1 saturated heterocycles. The largest absolute Gasteiger partial charge is 0.314 e. The Labute approximate surface area is 101 Å². The van der Waals surface area contributed by atoms with Crippen LogP contribution in [0.25, 0.3) is 0 Å². The van der Waals surface area contributed by atoms with Crippen LogP contribution in [0.2, 0.25) is 0 Å². The lowest BCUT2D eigenvalue weighted by molar-refractivity contribution is 0.131. The smallest absolute Gasteiger partial charge is 0.00682 e. The van der Waals surface area contributed by atoms with Crippen molar-refractivity contribution in [1.29, 1.82) is 0 Å². The summed E-state index contributed by atoms with van der Waals surface area (Å²) in [6.45, 7) is 10.0. The average Bonchev–Trinajstić information content (AvgIpc) is 3.04. The minimum Gasteiger partial charge on any atom is -0.314 e. The van der Waals surface area contributed by atoms with Gasteiger partial charge >= 0.3 is 0 Å². The number of nitrogens with zero attached hydrogens (tertiary/aromatic N) is 1. The predicted molar refractivity (Wildman–Crippen MR) is 69.7 cm³/mol. The van der Waals surface area contributed by atoms with Gasteiger partial charge in [-0.15, -0.1) is 0 Å². The van der Waals surface area contributed by atoms with Crippen molar-refractivity contribution in [3.63, 3.8) is 0 Å². The van der Waals surface area contributed by atoms with Gasteiger partial charge in [-0.3, -0.25) is 0 Å². The molecule has 0 bridgehead atoms. The van der Waals surface area contributed by atoms with E-state index in [2.05, 4.69) is 24.1 Å². The van der Waals surface area contributed by atoms with E-state index in [1.54, 1.807) is 0 Å². The normalized spacial score (nSPS) is 25.9. The second-order valence-corrected chi connectivity index (χ2v) is 6.44. The molecule has 2 fully saturated rings. The molecule has 0 radical (unpaired) electrons. The van der Waals surface area contributed by atoms with Crippen molar-refractivity contribution in [2.45, 2.75) is 58.4 Å². The highest BCUT2D eigenvalue weighted by atomic mass is 15.1. The van der Waals surface area contributed by atoms with Gasteiger partial charge in [-0.25, -0.2) is 0 Å². The summed E-state index contributed by atoms with van der Waals surface area (Å²) in [4.78, 5) is 2.66. The van der Waals surface area contributed by atoms with Crippen molar-refractivity contribution in [2.75, 3.05) is 26.2 Å². The van der Waals surface area contributed by atoms with Crippen molar-refractivity contribution in [3.05, 3.63) is 0 Å². The maximum absolute atomic E-state index is 3.59. The van der Waals surface area contributed by atoms with Crippen LogP contribution in [0.3, 0.4) is 0 Å². The molecule has 0 aromatic carbocycles. The minimum atomic E-state index is 0.601. The van der Waals surface area contributed by atoms with E-state index in [1.807, 2.05) is 0 Å². The van der Waals surface area contributed by atoms with E-state index in [-0.39, 0.29) is 0 Å². The fraction of sp³-hybridized carbons (Fsp3) is 1.00. The summed E-state index contributed by atoms with van der Waals surface area (Å²) in [7, 11) is 0. The first-order chi connectivity index (χ1) is 7.66. The van der Waals surface area contributed by atoms with E-state index in [9.17, 15) is 0 Å². The fourth-order valence-corrected chi connectivity index (χ4v) is 2.44. The summed E-state index contributed by atoms with van der Waals surface area (Å²) in [6.07, 6.45) is 8.33. The van der Waals surface area contributed by atoms with Gasteiger partial charge in [0.1, 0.15) is 0 Å². The third-order valence-corrected chi connectivity index (χ3v) is 4.12. The van der Waals surface area contributed by atoms with Gasteiger partial charge in [-0.2, -0.15) is 0 Å². The summed E-state index contributed by atoms with van der Waals surface area (Å²) >= 11 is 0. The molecule has 16 heavy (non-hydrogen) atoms. The highest BCUT2D eigenvalue weighted by molar-refractivity contribution is 4.81. The average molecular weight is 224 g/mol. The molecule has 0 unspecified atom stereocenters. The topological polar surface area (TPSA) is 15.3 Å². The molecule has 1 saturated carbocycles. The van der Waals surface area contributed by atoms with Gasteiger partial charge in [0, 0.05) is 6.04 Å². The molecule has 0 amide bonds. The van der Waals surface area contributed by atoms with Crippen LogP contribution in [0.1, 0.15) is 52.4 Å². The SMILES string of the molecule is CC1(C)CCN(CCCCNC2CC2)CC1. The van der Waals surface area contributed by atoms with Crippen LogP contribution in [0.15, 0.2) is 0 Å². The summed E-state index contributed by atoms with van der Waals surface area (Å²) in [5.74, 6) is 0. The number of likely N-dealkylation sites (tertiary alicyclic amines) is 1. The quantitative estimate of drug-likeness (QED) is 0.698. The molecule has 0 aromatic rings. The molecule has 94 valence electrons. The van der Waals surface area contributed by atoms with Crippen LogP contribution in [-0.2, 0) is 0 Å². The van der Waals surface area contributed by atoms with Crippen molar-refractivity contribution in [3.8, 4) is 0 Å². The van der Waals surface area contributed by atoms with Gasteiger partial charge < -0.3 is 10.2 Å². The molecular formula is C14H28N2. The van der Waals surface area contributed by atoms with E-state index < -0.39 is 0 Å². The summed E-state index contributed by atoms with van der Waals surface area (Å²) in [5, 5.41) is 3.59. The number of hydrogen-bond acceptors (Lipinski definition) is 2. The first-order valence-corrected chi connectivity index (χ1v) is 7.11. The second-order valence-electron chi connectivity index (χ2n) is 6.44. The van der Waals surface area contributed by atoms with Gasteiger partial charge in [0.25, 0.3) is 0 Å². The first kappa shape index (κ1) is 12.4. The molecular weight excluding hydrogens is 196 g/mol. The summed E-state index contributed by atoms with van der Waals surface area (Å²) < 4.78 is 0. The Morgan fingerprint density at radius 3 is 2.44 bits per heavy atom. The summed E-state index contributed by atoms with van der Waals surface area (Å²) in [5.41, 5.74) is 0.601. The van der Waals surface area contributed by atoms with Crippen LogP contribution in [0.4, 0.5) is 0 Å². The van der Waals surface area contributed by atoms with Crippen molar-refractivity contribution in [2.24, 2.45) is 5.41 Å². The van der Waals surface area contributed by atoms with Crippen molar-refractivity contribution < 1.29 is 0 Å². The molecule has 0 spiro atoms. The molecule has 2 rings (SSSR count). The van der Waals surface area contributed by atoms with Crippen molar-refractivity contribution >= 4 is 0 Å².